The van der Waals surface area contributed by atoms with E-state index in [9.17, 15) is 4.79 Å². The maximum atomic E-state index is 12.2. The van der Waals surface area contributed by atoms with Crippen molar-refractivity contribution < 1.29 is 4.79 Å². The number of benzene rings is 1. The minimum absolute atomic E-state index is 0.0270. The van der Waals surface area contributed by atoms with Crippen LogP contribution in [0.3, 0.4) is 0 Å². The number of hydrogen-bond donors (Lipinski definition) is 1. The number of aryl methyl sites for hydroxylation is 1. The Morgan fingerprint density at radius 2 is 1.92 bits per heavy atom. The van der Waals surface area contributed by atoms with Gasteiger partial charge in [-0.3, -0.25) is 14.9 Å². The molecule has 0 saturated carbocycles. The van der Waals surface area contributed by atoms with Crippen molar-refractivity contribution >= 4 is 5.91 Å². The van der Waals surface area contributed by atoms with Gasteiger partial charge in [-0.15, -0.1) is 0 Å². The fraction of sp³-hybridized carbons (Fsp3) is 0.286. The molecule has 0 spiro atoms. The molecule has 2 heterocycles. The summed E-state index contributed by atoms with van der Waals surface area (Å²) in [7, 11) is 1.84. The van der Waals surface area contributed by atoms with Crippen LogP contribution in [0.4, 0.5) is 0 Å². The van der Waals surface area contributed by atoms with Crippen LogP contribution in [-0.4, -0.2) is 39.6 Å². The van der Waals surface area contributed by atoms with E-state index in [-0.39, 0.29) is 5.91 Å². The molecule has 3 aromatic rings. The number of carbonyl (C=O) groups is 1. The lowest BCUT2D eigenvalue weighted by atomic mass is 10.1. The summed E-state index contributed by atoms with van der Waals surface area (Å²) in [5.74, 6) is 0.0270. The van der Waals surface area contributed by atoms with Crippen molar-refractivity contribution in [3.8, 4) is 11.3 Å². The van der Waals surface area contributed by atoms with E-state index in [1.807, 2.05) is 25.2 Å². The predicted molar refractivity (Wildman–Crippen MR) is 103 cm³/mol. The zero-order valence-electron chi connectivity index (χ0n) is 15.1. The lowest BCUT2D eigenvalue weighted by Gasteiger charge is -2.16. The number of hydrogen-bond acceptors (Lipinski definition) is 3. The van der Waals surface area contributed by atoms with Crippen LogP contribution in [0.25, 0.3) is 11.3 Å². The van der Waals surface area contributed by atoms with Gasteiger partial charge < -0.3 is 4.90 Å². The van der Waals surface area contributed by atoms with Crippen LogP contribution in [0.1, 0.15) is 35.3 Å². The van der Waals surface area contributed by atoms with Crippen LogP contribution in [0.2, 0.25) is 0 Å². The van der Waals surface area contributed by atoms with Crippen LogP contribution in [0.15, 0.2) is 60.9 Å². The first-order valence-corrected chi connectivity index (χ1v) is 8.99. The molecule has 0 bridgehead atoms. The number of carbonyl (C=O) groups excluding carboxylic acids is 1. The molecule has 1 N–H and O–H groups in total. The molecule has 0 radical (unpaired) electrons. The van der Waals surface area contributed by atoms with Gasteiger partial charge in [-0.1, -0.05) is 36.8 Å². The summed E-state index contributed by atoms with van der Waals surface area (Å²) in [6.45, 7) is 0.756. The third-order valence-electron chi connectivity index (χ3n) is 4.40. The van der Waals surface area contributed by atoms with E-state index in [1.54, 1.807) is 29.4 Å². The second kappa shape index (κ2) is 8.94. The van der Waals surface area contributed by atoms with Gasteiger partial charge in [0.25, 0.3) is 5.91 Å². The Kier molecular flexibility index (Phi) is 6.14. The Bertz CT molecular complexity index is 814. The largest absolute Gasteiger partial charge is 0.342 e. The molecule has 0 fully saturated rings. The molecule has 0 unspecified atom stereocenters. The van der Waals surface area contributed by atoms with Crippen molar-refractivity contribution in [3.63, 3.8) is 0 Å². The molecule has 134 valence electrons. The van der Waals surface area contributed by atoms with Gasteiger partial charge in [0.1, 0.15) is 0 Å². The van der Waals surface area contributed by atoms with Crippen LogP contribution >= 0.6 is 0 Å². The fourth-order valence-electron chi connectivity index (χ4n) is 2.90. The molecule has 0 saturated heterocycles. The van der Waals surface area contributed by atoms with Crippen molar-refractivity contribution in [1.82, 2.24) is 20.1 Å². The van der Waals surface area contributed by atoms with Crippen molar-refractivity contribution in [2.24, 2.45) is 0 Å². The SMILES string of the molecule is CN(CCCCCc1cc(-c2ccccc2)n[nH]1)C(=O)c1cccnc1. The van der Waals surface area contributed by atoms with E-state index < -0.39 is 0 Å². The molecule has 1 amide bonds. The van der Waals surface area contributed by atoms with Gasteiger partial charge >= 0.3 is 0 Å². The van der Waals surface area contributed by atoms with Gasteiger partial charge in [0, 0.05) is 37.2 Å². The summed E-state index contributed by atoms with van der Waals surface area (Å²) < 4.78 is 0. The monoisotopic (exact) mass is 348 g/mol. The van der Waals surface area contributed by atoms with Crippen molar-refractivity contribution in [3.05, 3.63) is 72.2 Å². The molecular formula is C21H24N4O. The molecule has 1 aromatic carbocycles. The van der Waals surface area contributed by atoms with E-state index in [4.69, 9.17) is 0 Å². The number of aromatic nitrogens is 3. The quantitative estimate of drug-likeness (QED) is 0.627. The van der Waals surface area contributed by atoms with Crippen molar-refractivity contribution in [1.29, 1.82) is 0 Å². The zero-order chi connectivity index (χ0) is 18.2. The van der Waals surface area contributed by atoms with E-state index in [0.717, 1.165) is 49.2 Å². The molecule has 5 nitrogen and oxygen atoms in total. The fourth-order valence-corrected chi connectivity index (χ4v) is 2.90. The molecule has 0 aliphatic heterocycles. The number of nitrogens with zero attached hydrogens (tertiary/aromatic N) is 3. The molecule has 3 rings (SSSR count). The zero-order valence-corrected chi connectivity index (χ0v) is 15.1. The highest BCUT2D eigenvalue weighted by atomic mass is 16.2. The normalized spacial score (nSPS) is 10.7. The lowest BCUT2D eigenvalue weighted by molar-refractivity contribution is 0.0792. The first-order chi connectivity index (χ1) is 12.7. The van der Waals surface area contributed by atoms with Crippen LogP contribution in [-0.2, 0) is 6.42 Å². The average Bonchev–Trinajstić information content (AvgIpc) is 3.17. The maximum Gasteiger partial charge on any atom is 0.255 e. The van der Waals surface area contributed by atoms with Crippen LogP contribution < -0.4 is 0 Å². The highest BCUT2D eigenvalue weighted by Gasteiger charge is 2.10. The van der Waals surface area contributed by atoms with E-state index in [2.05, 4.69) is 33.4 Å². The summed E-state index contributed by atoms with van der Waals surface area (Å²) >= 11 is 0. The third-order valence-corrected chi connectivity index (χ3v) is 4.40. The summed E-state index contributed by atoms with van der Waals surface area (Å²) in [6.07, 6.45) is 7.40. The second-order valence-electron chi connectivity index (χ2n) is 6.42. The highest BCUT2D eigenvalue weighted by Crippen LogP contribution is 2.18. The number of unbranched alkanes of at least 4 members (excludes halogenated alkanes) is 2. The Hall–Kier alpha value is -2.95. The Balaban J connectivity index is 1.38. The Morgan fingerprint density at radius 1 is 1.08 bits per heavy atom. The number of amides is 1. The number of nitrogens with one attached hydrogen (secondary N) is 1. The maximum absolute atomic E-state index is 12.2. The smallest absolute Gasteiger partial charge is 0.255 e. The van der Waals surface area contributed by atoms with Gasteiger partial charge in [-0.05, 0) is 37.5 Å². The minimum Gasteiger partial charge on any atom is -0.342 e. The standard InChI is InChI=1S/C21H24N4O/c1-25(21(26)18-11-8-13-22-16-18)14-7-3-6-12-19-15-20(24-23-19)17-9-4-2-5-10-17/h2,4-5,8-11,13,15-16H,3,6-7,12,14H2,1H3,(H,23,24). The summed E-state index contributed by atoms with van der Waals surface area (Å²) in [4.78, 5) is 18.0. The average molecular weight is 348 g/mol. The van der Waals surface area contributed by atoms with E-state index in [1.165, 1.54) is 0 Å². The molecule has 26 heavy (non-hydrogen) atoms. The molecule has 5 heteroatoms. The summed E-state index contributed by atoms with van der Waals surface area (Å²) in [6, 6.07) is 15.9. The third kappa shape index (κ3) is 4.79. The Morgan fingerprint density at radius 3 is 2.69 bits per heavy atom. The van der Waals surface area contributed by atoms with E-state index in [0.29, 0.717) is 5.56 Å². The molecule has 2 aromatic heterocycles. The molecular weight excluding hydrogens is 324 g/mol. The second-order valence-corrected chi connectivity index (χ2v) is 6.42. The van der Waals surface area contributed by atoms with Crippen LogP contribution in [0, 0.1) is 0 Å². The number of rotatable bonds is 8. The summed E-state index contributed by atoms with van der Waals surface area (Å²) in [5.41, 5.74) is 3.91. The Labute approximate surface area is 154 Å². The van der Waals surface area contributed by atoms with Crippen molar-refractivity contribution in [2.75, 3.05) is 13.6 Å². The van der Waals surface area contributed by atoms with Crippen LogP contribution in [0.5, 0.6) is 0 Å². The van der Waals surface area contributed by atoms with Gasteiger partial charge in [-0.2, -0.15) is 5.10 Å². The minimum atomic E-state index is 0.0270. The molecule has 0 atom stereocenters. The lowest BCUT2D eigenvalue weighted by Crippen LogP contribution is -2.27. The number of H-pyrrole nitrogens is 1. The molecule has 0 aliphatic carbocycles. The van der Waals surface area contributed by atoms with Gasteiger partial charge in [0.2, 0.25) is 0 Å². The van der Waals surface area contributed by atoms with Gasteiger partial charge in [0.05, 0.1) is 11.3 Å². The number of pyridine rings is 1. The highest BCUT2D eigenvalue weighted by molar-refractivity contribution is 5.93. The van der Waals surface area contributed by atoms with Gasteiger partial charge in [0.15, 0.2) is 0 Å². The van der Waals surface area contributed by atoms with Crippen molar-refractivity contribution in [2.45, 2.75) is 25.7 Å². The topological polar surface area (TPSA) is 61.9 Å². The number of aromatic amines is 1. The molecule has 0 aliphatic rings. The van der Waals surface area contributed by atoms with E-state index >= 15 is 0 Å². The first-order valence-electron chi connectivity index (χ1n) is 8.99. The summed E-state index contributed by atoms with van der Waals surface area (Å²) in [5, 5.41) is 7.51. The first kappa shape index (κ1) is 17.9. The van der Waals surface area contributed by atoms with Gasteiger partial charge in [-0.25, -0.2) is 0 Å². The predicted octanol–water partition coefficient (Wildman–Crippen LogP) is 3.96.